The molecule has 192 valence electrons. The van der Waals surface area contributed by atoms with E-state index in [1.54, 1.807) is 11.8 Å². The van der Waals surface area contributed by atoms with E-state index in [-0.39, 0.29) is 5.91 Å². The number of carbonyl (C=O) groups is 1. The van der Waals surface area contributed by atoms with Crippen molar-refractivity contribution in [3.63, 3.8) is 0 Å². The lowest BCUT2D eigenvalue weighted by atomic mass is 9.94. The van der Waals surface area contributed by atoms with Gasteiger partial charge in [-0.15, -0.1) is 0 Å². The van der Waals surface area contributed by atoms with Crippen LogP contribution in [-0.4, -0.2) is 32.6 Å². The summed E-state index contributed by atoms with van der Waals surface area (Å²) in [6, 6.07) is 17.9. The summed E-state index contributed by atoms with van der Waals surface area (Å²) in [5.74, 6) is 0.155. The molecule has 2 aromatic carbocycles. The number of aryl methyl sites for hydroxylation is 1. The monoisotopic (exact) mass is 511 g/mol. The smallest absolute Gasteiger partial charge is 0.267 e. The maximum atomic E-state index is 13.9. The molecular formula is C32H37N3OS. The SMILES string of the molecule is Cc1cccc(Cn2cc(C=C3SC(=NC4CCCCC4)N(C4CCCCC4)C3=O)c3ccccc32)c1. The number of amidine groups is 1. The number of aliphatic imine (C=N–C) groups is 1. The normalized spacial score (nSPS) is 22.1. The van der Waals surface area contributed by atoms with Gasteiger partial charge < -0.3 is 4.57 Å². The van der Waals surface area contributed by atoms with Gasteiger partial charge in [-0.2, -0.15) is 0 Å². The van der Waals surface area contributed by atoms with Crippen LogP contribution in [0.4, 0.5) is 0 Å². The Kier molecular flexibility index (Phi) is 7.23. The molecule has 0 spiro atoms. The lowest BCUT2D eigenvalue weighted by Gasteiger charge is -2.31. The molecule has 1 aromatic heterocycles. The molecule has 0 bridgehead atoms. The van der Waals surface area contributed by atoms with E-state index < -0.39 is 0 Å². The fourth-order valence-electron chi connectivity index (χ4n) is 6.27. The number of rotatable bonds is 5. The van der Waals surface area contributed by atoms with Gasteiger partial charge in [0.15, 0.2) is 5.17 Å². The van der Waals surface area contributed by atoms with E-state index in [0.29, 0.717) is 12.1 Å². The number of aromatic nitrogens is 1. The number of fused-ring (bicyclic) bond motifs is 1. The molecule has 5 heteroatoms. The predicted molar refractivity (Wildman–Crippen MR) is 156 cm³/mol. The summed E-state index contributed by atoms with van der Waals surface area (Å²) >= 11 is 1.61. The fourth-order valence-corrected chi connectivity index (χ4v) is 7.37. The molecule has 3 aliphatic rings. The summed E-state index contributed by atoms with van der Waals surface area (Å²) in [5.41, 5.74) is 4.88. The minimum Gasteiger partial charge on any atom is -0.342 e. The Balaban J connectivity index is 1.35. The lowest BCUT2D eigenvalue weighted by Crippen LogP contribution is -2.41. The quantitative estimate of drug-likeness (QED) is 0.326. The van der Waals surface area contributed by atoms with Crippen LogP contribution in [0.1, 0.15) is 80.9 Å². The van der Waals surface area contributed by atoms with Gasteiger partial charge in [0.1, 0.15) is 0 Å². The summed E-state index contributed by atoms with van der Waals surface area (Å²) < 4.78 is 2.32. The maximum absolute atomic E-state index is 13.9. The highest BCUT2D eigenvalue weighted by atomic mass is 32.2. The summed E-state index contributed by atoms with van der Waals surface area (Å²) in [6.45, 7) is 2.95. The second kappa shape index (κ2) is 10.9. The second-order valence-corrected chi connectivity index (χ2v) is 12.0. The van der Waals surface area contributed by atoms with Gasteiger partial charge >= 0.3 is 0 Å². The number of hydrogen-bond donors (Lipinski definition) is 0. The van der Waals surface area contributed by atoms with Crippen molar-refractivity contribution in [1.82, 2.24) is 9.47 Å². The molecule has 1 aliphatic heterocycles. The highest BCUT2D eigenvalue weighted by molar-refractivity contribution is 8.18. The molecule has 2 aliphatic carbocycles. The van der Waals surface area contributed by atoms with Gasteiger partial charge in [-0.05, 0) is 62.1 Å². The molecule has 2 saturated carbocycles. The molecule has 4 nitrogen and oxygen atoms in total. The van der Waals surface area contributed by atoms with E-state index in [4.69, 9.17) is 4.99 Å². The van der Waals surface area contributed by atoms with Crippen LogP contribution in [0, 0.1) is 6.92 Å². The third-order valence-corrected chi connectivity index (χ3v) is 9.18. The summed E-state index contributed by atoms with van der Waals surface area (Å²) in [6.07, 6.45) is 16.4. The average Bonchev–Trinajstić information content (AvgIpc) is 3.42. The number of benzene rings is 2. The van der Waals surface area contributed by atoms with Crippen LogP contribution >= 0.6 is 11.8 Å². The number of nitrogens with zero attached hydrogens (tertiary/aromatic N) is 3. The molecule has 0 radical (unpaired) electrons. The Morgan fingerprint density at radius 2 is 1.70 bits per heavy atom. The number of para-hydroxylation sites is 1. The van der Waals surface area contributed by atoms with E-state index in [9.17, 15) is 4.79 Å². The topological polar surface area (TPSA) is 37.6 Å². The average molecular weight is 512 g/mol. The molecule has 1 saturated heterocycles. The lowest BCUT2D eigenvalue weighted by molar-refractivity contribution is -0.124. The molecule has 2 heterocycles. The Morgan fingerprint density at radius 1 is 0.946 bits per heavy atom. The van der Waals surface area contributed by atoms with Gasteiger partial charge in [-0.1, -0.05) is 86.6 Å². The van der Waals surface area contributed by atoms with Crippen LogP contribution in [0.15, 0.2) is 64.6 Å². The van der Waals surface area contributed by atoms with Gasteiger partial charge in [-0.25, -0.2) is 0 Å². The maximum Gasteiger partial charge on any atom is 0.267 e. The first-order chi connectivity index (χ1) is 18.2. The molecule has 3 aromatic rings. The second-order valence-electron chi connectivity index (χ2n) is 11.0. The van der Waals surface area contributed by atoms with Crippen LogP contribution in [0.3, 0.4) is 0 Å². The van der Waals surface area contributed by atoms with Crippen molar-refractivity contribution in [2.24, 2.45) is 4.99 Å². The zero-order valence-corrected chi connectivity index (χ0v) is 22.7. The Labute approximate surface area is 224 Å². The van der Waals surface area contributed by atoms with Crippen molar-refractivity contribution >= 4 is 39.8 Å². The van der Waals surface area contributed by atoms with Gasteiger partial charge in [-0.3, -0.25) is 14.7 Å². The van der Waals surface area contributed by atoms with Gasteiger partial charge in [0, 0.05) is 35.2 Å². The summed E-state index contributed by atoms with van der Waals surface area (Å²) in [7, 11) is 0. The predicted octanol–water partition coefficient (Wildman–Crippen LogP) is 7.94. The van der Waals surface area contributed by atoms with Crippen molar-refractivity contribution in [2.45, 2.75) is 89.8 Å². The van der Waals surface area contributed by atoms with Crippen LogP contribution in [0.25, 0.3) is 17.0 Å². The first-order valence-electron chi connectivity index (χ1n) is 14.1. The van der Waals surface area contributed by atoms with E-state index in [2.05, 4.69) is 77.2 Å². The molecule has 0 unspecified atom stereocenters. The standard InChI is InChI=1S/C32H37N3OS/c1-23-11-10-12-24(19-23)21-34-22-25(28-17-8-9-18-29(28)34)20-30-31(36)35(27-15-6-3-7-16-27)32(37-30)33-26-13-4-2-5-14-26/h8-12,17-20,22,26-27H,2-7,13-16,21H2,1H3. The highest BCUT2D eigenvalue weighted by Crippen LogP contribution is 2.39. The minimum atomic E-state index is 0.155. The van der Waals surface area contributed by atoms with Crippen molar-refractivity contribution in [1.29, 1.82) is 0 Å². The van der Waals surface area contributed by atoms with E-state index in [0.717, 1.165) is 47.9 Å². The summed E-state index contributed by atoms with van der Waals surface area (Å²) in [5, 5.41) is 2.15. The third kappa shape index (κ3) is 5.29. The molecule has 1 amide bonds. The first kappa shape index (κ1) is 24.5. The zero-order valence-electron chi connectivity index (χ0n) is 21.9. The van der Waals surface area contributed by atoms with Crippen LogP contribution in [0.2, 0.25) is 0 Å². The van der Waals surface area contributed by atoms with Crippen molar-refractivity contribution in [3.05, 3.63) is 76.3 Å². The molecule has 3 fully saturated rings. The minimum absolute atomic E-state index is 0.155. The van der Waals surface area contributed by atoms with E-state index in [1.165, 1.54) is 60.6 Å². The Bertz CT molecular complexity index is 1340. The molecule has 6 rings (SSSR count). The van der Waals surface area contributed by atoms with Crippen molar-refractivity contribution in [2.75, 3.05) is 0 Å². The van der Waals surface area contributed by atoms with Crippen LogP contribution in [-0.2, 0) is 11.3 Å². The van der Waals surface area contributed by atoms with E-state index in [1.807, 2.05) is 0 Å². The number of carbonyl (C=O) groups excluding carboxylic acids is 1. The van der Waals surface area contributed by atoms with E-state index >= 15 is 0 Å². The Morgan fingerprint density at radius 3 is 2.49 bits per heavy atom. The number of thioether (sulfide) groups is 1. The Hall–Kier alpha value is -2.79. The van der Waals surface area contributed by atoms with Crippen molar-refractivity contribution in [3.8, 4) is 0 Å². The fraction of sp³-hybridized carbons (Fsp3) is 0.438. The van der Waals surface area contributed by atoms with Gasteiger partial charge in [0.25, 0.3) is 5.91 Å². The molecule has 37 heavy (non-hydrogen) atoms. The first-order valence-corrected chi connectivity index (χ1v) is 14.9. The molecular weight excluding hydrogens is 474 g/mol. The number of amides is 1. The van der Waals surface area contributed by atoms with Gasteiger partial charge in [0.2, 0.25) is 0 Å². The van der Waals surface area contributed by atoms with Gasteiger partial charge in [0.05, 0.1) is 10.9 Å². The zero-order chi connectivity index (χ0) is 25.2. The summed E-state index contributed by atoms with van der Waals surface area (Å²) in [4.78, 5) is 22.0. The van der Waals surface area contributed by atoms with Crippen LogP contribution < -0.4 is 0 Å². The van der Waals surface area contributed by atoms with Crippen LogP contribution in [0.5, 0.6) is 0 Å². The largest absolute Gasteiger partial charge is 0.342 e. The third-order valence-electron chi connectivity index (χ3n) is 8.19. The van der Waals surface area contributed by atoms with Crippen molar-refractivity contribution < 1.29 is 4.79 Å². The highest BCUT2D eigenvalue weighted by Gasteiger charge is 2.39. The molecule has 0 atom stereocenters. The number of hydrogen-bond acceptors (Lipinski definition) is 3. The molecule has 0 N–H and O–H groups in total.